The first kappa shape index (κ1) is 14.9. The van der Waals surface area contributed by atoms with Gasteiger partial charge in [-0.05, 0) is 19.4 Å². The molecule has 1 rings (SSSR count). The van der Waals surface area contributed by atoms with E-state index in [9.17, 15) is 9.59 Å². The maximum Gasteiger partial charge on any atom is 0.340 e. The van der Waals surface area contributed by atoms with Crippen molar-refractivity contribution in [1.29, 1.82) is 0 Å². The van der Waals surface area contributed by atoms with Crippen molar-refractivity contribution in [3.8, 4) is 0 Å². The Morgan fingerprint density at radius 2 is 2.21 bits per heavy atom. The van der Waals surface area contributed by atoms with Gasteiger partial charge in [-0.1, -0.05) is 13.3 Å². The molecule has 3 N–H and O–H groups in total. The highest BCUT2D eigenvalue weighted by molar-refractivity contribution is 5.93. The molecular formula is C13H19N3O3. The van der Waals surface area contributed by atoms with E-state index in [0.29, 0.717) is 17.9 Å². The average molecular weight is 265 g/mol. The average Bonchev–Trinajstić information content (AvgIpc) is 2.39. The third-order valence-electron chi connectivity index (χ3n) is 2.51. The van der Waals surface area contributed by atoms with Crippen LogP contribution in [0.1, 0.15) is 35.8 Å². The number of hydrogen-bond donors (Lipinski definition) is 2. The molecule has 0 fully saturated rings. The van der Waals surface area contributed by atoms with E-state index in [1.165, 1.54) is 12.3 Å². The Morgan fingerprint density at radius 3 is 2.89 bits per heavy atom. The van der Waals surface area contributed by atoms with Crippen LogP contribution in [-0.4, -0.2) is 30.0 Å². The fraction of sp³-hybridized carbons (Fsp3) is 0.462. The number of rotatable bonds is 6. The lowest BCUT2D eigenvalue weighted by molar-refractivity contribution is -0.124. The van der Waals surface area contributed by atoms with Gasteiger partial charge in [0.1, 0.15) is 0 Å². The third kappa shape index (κ3) is 4.95. The van der Waals surface area contributed by atoms with Crippen molar-refractivity contribution in [2.24, 2.45) is 0 Å². The molecule has 104 valence electrons. The summed E-state index contributed by atoms with van der Waals surface area (Å²) in [6.07, 6.45) is 3.36. The van der Waals surface area contributed by atoms with E-state index in [1.807, 2.05) is 6.92 Å². The Labute approximate surface area is 112 Å². The molecule has 6 heteroatoms. The number of aromatic nitrogens is 1. The highest BCUT2D eigenvalue weighted by Crippen LogP contribution is 2.10. The monoisotopic (exact) mass is 265 g/mol. The van der Waals surface area contributed by atoms with Crippen LogP contribution in [0.5, 0.6) is 0 Å². The van der Waals surface area contributed by atoms with E-state index in [-0.39, 0.29) is 18.1 Å². The van der Waals surface area contributed by atoms with Crippen molar-refractivity contribution in [2.45, 2.75) is 26.7 Å². The molecule has 0 unspecified atom stereocenters. The molecule has 0 bridgehead atoms. The van der Waals surface area contributed by atoms with Crippen LogP contribution in [0.3, 0.4) is 0 Å². The summed E-state index contributed by atoms with van der Waals surface area (Å²) < 4.78 is 4.91. The minimum absolute atomic E-state index is 0.279. The molecule has 0 radical (unpaired) electrons. The number of hydrogen-bond acceptors (Lipinski definition) is 5. The Balaban J connectivity index is 2.47. The van der Waals surface area contributed by atoms with Crippen molar-refractivity contribution in [2.75, 3.05) is 18.9 Å². The second-order valence-electron chi connectivity index (χ2n) is 4.18. The first-order valence-corrected chi connectivity index (χ1v) is 6.20. The number of nitrogen functional groups attached to an aromatic ring is 1. The van der Waals surface area contributed by atoms with E-state index in [0.717, 1.165) is 12.8 Å². The molecule has 0 aliphatic rings. The molecule has 1 aromatic rings. The van der Waals surface area contributed by atoms with Gasteiger partial charge < -0.3 is 15.8 Å². The minimum Gasteiger partial charge on any atom is -0.452 e. The maximum atomic E-state index is 11.8. The Bertz CT molecular complexity index is 460. The second-order valence-corrected chi connectivity index (χ2v) is 4.18. The van der Waals surface area contributed by atoms with E-state index >= 15 is 0 Å². The third-order valence-corrected chi connectivity index (χ3v) is 2.51. The second kappa shape index (κ2) is 7.35. The SMILES string of the molecule is CCCCNC(=O)COC(=O)c1cc(N)cnc1C. The Hall–Kier alpha value is -2.11. The number of amides is 1. The molecule has 1 heterocycles. The molecule has 0 aromatic carbocycles. The lowest BCUT2D eigenvalue weighted by Gasteiger charge is -2.07. The predicted octanol–water partition coefficient (Wildman–Crippen LogP) is 1.05. The van der Waals surface area contributed by atoms with E-state index in [4.69, 9.17) is 10.5 Å². The normalized spacial score (nSPS) is 10.0. The van der Waals surface area contributed by atoms with Gasteiger partial charge in [0.05, 0.1) is 23.1 Å². The van der Waals surface area contributed by atoms with E-state index in [1.54, 1.807) is 6.92 Å². The number of carbonyl (C=O) groups is 2. The van der Waals surface area contributed by atoms with Gasteiger partial charge in [0.25, 0.3) is 5.91 Å². The quantitative estimate of drug-likeness (QED) is 0.592. The zero-order chi connectivity index (χ0) is 14.3. The zero-order valence-electron chi connectivity index (χ0n) is 11.2. The van der Waals surface area contributed by atoms with Gasteiger partial charge in [-0.15, -0.1) is 0 Å². The fourth-order valence-corrected chi connectivity index (χ4v) is 1.42. The summed E-state index contributed by atoms with van der Waals surface area (Å²) >= 11 is 0. The number of aryl methyl sites for hydroxylation is 1. The fourth-order valence-electron chi connectivity index (χ4n) is 1.42. The van der Waals surface area contributed by atoms with E-state index < -0.39 is 5.97 Å². The number of ether oxygens (including phenoxy) is 1. The van der Waals surface area contributed by atoms with Crippen LogP contribution in [0, 0.1) is 6.92 Å². The van der Waals surface area contributed by atoms with Crippen LogP contribution in [0.4, 0.5) is 5.69 Å². The summed E-state index contributed by atoms with van der Waals surface area (Å²) in [6, 6.07) is 1.49. The lowest BCUT2D eigenvalue weighted by atomic mass is 10.2. The number of nitrogens with two attached hydrogens (primary N) is 1. The van der Waals surface area contributed by atoms with Crippen molar-refractivity contribution in [3.05, 3.63) is 23.5 Å². The summed E-state index contributed by atoms with van der Waals surface area (Å²) in [5.41, 5.74) is 6.73. The molecule has 0 aliphatic heterocycles. The molecule has 0 saturated heterocycles. The van der Waals surface area contributed by atoms with Crippen molar-refractivity contribution in [3.63, 3.8) is 0 Å². The topological polar surface area (TPSA) is 94.3 Å². The van der Waals surface area contributed by atoms with Gasteiger partial charge in [0.15, 0.2) is 6.61 Å². The van der Waals surface area contributed by atoms with Crippen LogP contribution in [0.2, 0.25) is 0 Å². The summed E-state index contributed by atoms with van der Waals surface area (Å²) in [7, 11) is 0. The molecule has 6 nitrogen and oxygen atoms in total. The van der Waals surface area contributed by atoms with Gasteiger partial charge in [-0.25, -0.2) is 4.79 Å². The number of unbranched alkanes of at least 4 members (excludes halogenated alkanes) is 1. The van der Waals surface area contributed by atoms with Gasteiger partial charge in [-0.3, -0.25) is 9.78 Å². The highest BCUT2D eigenvalue weighted by atomic mass is 16.5. The standard InChI is InChI=1S/C13H19N3O3/c1-3-4-5-15-12(17)8-19-13(18)11-6-10(14)7-16-9(11)2/h6-7H,3-5,8,14H2,1-2H3,(H,15,17). The van der Waals surface area contributed by atoms with Crippen LogP contribution in [-0.2, 0) is 9.53 Å². The van der Waals surface area contributed by atoms with Crippen LogP contribution in [0.15, 0.2) is 12.3 Å². The van der Waals surface area contributed by atoms with E-state index in [2.05, 4.69) is 10.3 Å². The highest BCUT2D eigenvalue weighted by Gasteiger charge is 2.13. The smallest absolute Gasteiger partial charge is 0.340 e. The number of nitrogens with one attached hydrogen (secondary N) is 1. The predicted molar refractivity (Wildman–Crippen MR) is 71.6 cm³/mol. The molecule has 0 aliphatic carbocycles. The maximum absolute atomic E-state index is 11.8. The summed E-state index contributed by atoms with van der Waals surface area (Å²) in [4.78, 5) is 27.1. The van der Waals surface area contributed by atoms with Gasteiger partial charge in [-0.2, -0.15) is 0 Å². The number of nitrogens with zero attached hydrogens (tertiary/aromatic N) is 1. The lowest BCUT2D eigenvalue weighted by Crippen LogP contribution is -2.29. The first-order chi connectivity index (χ1) is 9.04. The summed E-state index contributed by atoms with van der Waals surface area (Å²) in [5.74, 6) is -0.903. The molecule has 1 amide bonds. The number of pyridine rings is 1. The van der Waals surface area contributed by atoms with Gasteiger partial charge >= 0.3 is 5.97 Å². The number of esters is 1. The largest absolute Gasteiger partial charge is 0.452 e. The molecule has 19 heavy (non-hydrogen) atoms. The molecular weight excluding hydrogens is 246 g/mol. The molecule has 0 spiro atoms. The van der Waals surface area contributed by atoms with Crippen molar-refractivity contribution < 1.29 is 14.3 Å². The molecule has 0 atom stereocenters. The van der Waals surface area contributed by atoms with Crippen LogP contribution in [0.25, 0.3) is 0 Å². The number of carbonyl (C=O) groups excluding carboxylic acids is 2. The number of anilines is 1. The van der Waals surface area contributed by atoms with Crippen molar-refractivity contribution in [1.82, 2.24) is 10.3 Å². The Kier molecular flexibility index (Phi) is 5.78. The first-order valence-electron chi connectivity index (χ1n) is 6.20. The Morgan fingerprint density at radius 1 is 1.47 bits per heavy atom. The molecule has 1 aromatic heterocycles. The zero-order valence-corrected chi connectivity index (χ0v) is 11.2. The summed E-state index contributed by atoms with van der Waals surface area (Å²) in [5, 5.41) is 2.66. The van der Waals surface area contributed by atoms with Crippen LogP contribution < -0.4 is 11.1 Å². The van der Waals surface area contributed by atoms with Crippen LogP contribution >= 0.6 is 0 Å². The summed E-state index contributed by atoms with van der Waals surface area (Å²) in [6.45, 7) is 4.00. The van der Waals surface area contributed by atoms with Gasteiger partial charge in [0, 0.05) is 6.54 Å². The molecule has 0 saturated carbocycles. The van der Waals surface area contributed by atoms with Crippen molar-refractivity contribution >= 4 is 17.6 Å². The van der Waals surface area contributed by atoms with Gasteiger partial charge in [0.2, 0.25) is 0 Å². The minimum atomic E-state index is -0.594.